The molecule has 126 valence electrons. The van der Waals surface area contributed by atoms with Crippen molar-refractivity contribution in [2.24, 2.45) is 10.7 Å². The summed E-state index contributed by atoms with van der Waals surface area (Å²) in [5, 5.41) is 0. The first-order chi connectivity index (χ1) is 11.1. The monoisotopic (exact) mass is 336 g/mol. The van der Waals surface area contributed by atoms with E-state index in [0.717, 1.165) is 24.3 Å². The predicted molar refractivity (Wildman–Crippen MR) is 92.9 cm³/mol. The van der Waals surface area contributed by atoms with E-state index < -0.39 is 10.0 Å². The number of nitrogens with zero attached hydrogens (tertiary/aromatic N) is 3. The first kappa shape index (κ1) is 16.1. The molecule has 0 bridgehead atoms. The number of hydrogen-bond donors (Lipinski definition) is 1. The Morgan fingerprint density at radius 2 is 1.91 bits per heavy atom. The van der Waals surface area contributed by atoms with Crippen LogP contribution < -0.4 is 10.0 Å². The van der Waals surface area contributed by atoms with E-state index in [1.54, 1.807) is 0 Å². The Balaban J connectivity index is 1.70. The lowest BCUT2D eigenvalue weighted by molar-refractivity contribution is 0.338. The quantitative estimate of drug-likeness (QED) is 0.670. The molecule has 1 aromatic rings. The summed E-state index contributed by atoms with van der Waals surface area (Å²) in [6.07, 6.45) is 4.28. The molecule has 0 spiro atoms. The maximum absolute atomic E-state index is 12.0. The van der Waals surface area contributed by atoms with Gasteiger partial charge in [0.1, 0.15) is 0 Å². The Hall–Kier alpha value is -1.76. The molecule has 2 saturated heterocycles. The molecular weight excluding hydrogens is 312 g/mol. The summed E-state index contributed by atoms with van der Waals surface area (Å²) in [6, 6.07) is 7.57. The number of anilines is 1. The molecule has 2 heterocycles. The summed E-state index contributed by atoms with van der Waals surface area (Å²) in [5.74, 6) is 0.820. The van der Waals surface area contributed by atoms with Gasteiger partial charge in [0, 0.05) is 19.6 Å². The van der Waals surface area contributed by atoms with Gasteiger partial charge in [-0.05, 0) is 43.4 Å². The van der Waals surface area contributed by atoms with Crippen molar-refractivity contribution in [2.45, 2.75) is 32.2 Å². The second kappa shape index (κ2) is 6.78. The topological polar surface area (TPSA) is 79.0 Å². The zero-order valence-electron chi connectivity index (χ0n) is 13.3. The van der Waals surface area contributed by atoms with Crippen LogP contribution in [0.25, 0.3) is 0 Å². The number of benzene rings is 1. The van der Waals surface area contributed by atoms with Crippen molar-refractivity contribution in [2.75, 3.05) is 29.7 Å². The molecule has 0 radical (unpaired) electrons. The van der Waals surface area contributed by atoms with E-state index in [-0.39, 0.29) is 5.75 Å². The SMILES string of the molecule is NC(=NCc1cccc(N2CCCS2(=O)=O)c1)N1CCCCC1. The lowest BCUT2D eigenvalue weighted by Crippen LogP contribution is -2.40. The van der Waals surface area contributed by atoms with Crippen LogP contribution in [0.2, 0.25) is 0 Å². The number of rotatable bonds is 3. The van der Waals surface area contributed by atoms with E-state index in [2.05, 4.69) is 9.89 Å². The highest BCUT2D eigenvalue weighted by molar-refractivity contribution is 7.93. The fourth-order valence-electron chi connectivity index (χ4n) is 3.13. The fourth-order valence-corrected chi connectivity index (χ4v) is 4.69. The first-order valence-electron chi connectivity index (χ1n) is 8.20. The minimum Gasteiger partial charge on any atom is -0.370 e. The van der Waals surface area contributed by atoms with Crippen molar-refractivity contribution in [1.82, 2.24) is 4.90 Å². The first-order valence-corrected chi connectivity index (χ1v) is 9.81. The van der Waals surface area contributed by atoms with Gasteiger partial charge >= 0.3 is 0 Å². The van der Waals surface area contributed by atoms with Gasteiger partial charge in [-0.1, -0.05) is 12.1 Å². The minimum atomic E-state index is -3.14. The van der Waals surface area contributed by atoms with Crippen molar-refractivity contribution in [3.8, 4) is 0 Å². The van der Waals surface area contributed by atoms with E-state index in [1.807, 2.05) is 24.3 Å². The summed E-state index contributed by atoms with van der Waals surface area (Å²) in [7, 11) is -3.14. The smallest absolute Gasteiger partial charge is 0.235 e. The molecule has 2 N–H and O–H groups in total. The molecule has 23 heavy (non-hydrogen) atoms. The molecule has 0 saturated carbocycles. The summed E-state index contributed by atoms with van der Waals surface area (Å²) >= 11 is 0. The minimum absolute atomic E-state index is 0.233. The third-order valence-corrected chi connectivity index (χ3v) is 6.27. The van der Waals surface area contributed by atoms with E-state index >= 15 is 0 Å². The van der Waals surface area contributed by atoms with Crippen molar-refractivity contribution < 1.29 is 8.42 Å². The van der Waals surface area contributed by atoms with Gasteiger partial charge in [0.25, 0.3) is 0 Å². The maximum Gasteiger partial charge on any atom is 0.235 e. The number of guanidine groups is 1. The standard InChI is InChI=1S/C16H24N4O2S/c17-16(19-8-2-1-3-9-19)18-13-14-6-4-7-15(12-14)20-10-5-11-23(20,21)22/h4,6-7,12H,1-3,5,8-11,13H2,(H2,17,18). The third-order valence-electron chi connectivity index (χ3n) is 4.40. The molecular formula is C16H24N4O2S. The van der Waals surface area contributed by atoms with Gasteiger partial charge in [0.05, 0.1) is 18.0 Å². The van der Waals surface area contributed by atoms with Crippen LogP contribution in [-0.2, 0) is 16.6 Å². The molecule has 0 amide bonds. The second-order valence-corrected chi connectivity index (χ2v) is 8.15. The average Bonchev–Trinajstić information content (AvgIpc) is 2.93. The van der Waals surface area contributed by atoms with Crippen LogP contribution in [0.5, 0.6) is 0 Å². The zero-order valence-corrected chi connectivity index (χ0v) is 14.1. The lowest BCUT2D eigenvalue weighted by Gasteiger charge is -2.27. The summed E-state index contributed by atoms with van der Waals surface area (Å²) in [6.45, 7) is 2.98. The number of piperidine rings is 1. The summed E-state index contributed by atoms with van der Waals surface area (Å²) in [4.78, 5) is 6.60. The Bertz CT molecular complexity index is 681. The molecule has 2 fully saturated rings. The molecule has 6 nitrogen and oxygen atoms in total. The number of aliphatic imine (C=N–C) groups is 1. The largest absolute Gasteiger partial charge is 0.370 e. The third kappa shape index (κ3) is 3.77. The van der Waals surface area contributed by atoms with E-state index in [1.165, 1.54) is 23.6 Å². The van der Waals surface area contributed by atoms with Crippen LogP contribution in [0.15, 0.2) is 29.3 Å². The number of nitrogens with two attached hydrogens (primary N) is 1. The van der Waals surface area contributed by atoms with Gasteiger partial charge in [-0.2, -0.15) is 0 Å². The highest BCUT2D eigenvalue weighted by Gasteiger charge is 2.28. The van der Waals surface area contributed by atoms with Crippen molar-refractivity contribution in [3.63, 3.8) is 0 Å². The molecule has 0 aromatic heterocycles. The van der Waals surface area contributed by atoms with Crippen LogP contribution in [0.1, 0.15) is 31.2 Å². The molecule has 3 rings (SSSR count). The zero-order chi connectivity index (χ0) is 16.3. The van der Waals surface area contributed by atoms with Crippen LogP contribution in [0.3, 0.4) is 0 Å². The lowest BCUT2D eigenvalue weighted by atomic mass is 10.1. The number of likely N-dealkylation sites (tertiary alicyclic amines) is 1. The van der Waals surface area contributed by atoms with Gasteiger partial charge in [-0.3, -0.25) is 4.31 Å². The highest BCUT2D eigenvalue weighted by Crippen LogP contribution is 2.25. The van der Waals surface area contributed by atoms with E-state index in [4.69, 9.17) is 5.73 Å². The van der Waals surface area contributed by atoms with Crippen LogP contribution in [-0.4, -0.2) is 44.7 Å². The van der Waals surface area contributed by atoms with Crippen LogP contribution in [0.4, 0.5) is 5.69 Å². The normalized spacial score (nSPS) is 21.7. The second-order valence-electron chi connectivity index (χ2n) is 6.13. The molecule has 1 aromatic carbocycles. The fraction of sp³-hybridized carbons (Fsp3) is 0.562. The summed E-state index contributed by atoms with van der Waals surface area (Å²) < 4.78 is 25.5. The Morgan fingerprint density at radius 1 is 1.13 bits per heavy atom. The number of hydrogen-bond acceptors (Lipinski definition) is 3. The van der Waals surface area contributed by atoms with Crippen molar-refractivity contribution in [3.05, 3.63) is 29.8 Å². The van der Waals surface area contributed by atoms with Gasteiger partial charge in [-0.25, -0.2) is 13.4 Å². The van der Waals surface area contributed by atoms with E-state index in [0.29, 0.717) is 25.5 Å². The average molecular weight is 336 g/mol. The highest BCUT2D eigenvalue weighted by atomic mass is 32.2. The predicted octanol–water partition coefficient (Wildman–Crippen LogP) is 1.53. The van der Waals surface area contributed by atoms with Gasteiger partial charge < -0.3 is 10.6 Å². The Labute approximate surface area is 138 Å². The summed E-state index contributed by atoms with van der Waals surface area (Å²) in [5.41, 5.74) is 7.77. The molecule has 2 aliphatic rings. The molecule has 0 atom stereocenters. The number of sulfonamides is 1. The van der Waals surface area contributed by atoms with Gasteiger partial charge in [-0.15, -0.1) is 0 Å². The van der Waals surface area contributed by atoms with Crippen molar-refractivity contribution in [1.29, 1.82) is 0 Å². The molecule has 7 heteroatoms. The maximum atomic E-state index is 12.0. The van der Waals surface area contributed by atoms with Crippen molar-refractivity contribution >= 4 is 21.7 Å². The van der Waals surface area contributed by atoms with Crippen LogP contribution >= 0.6 is 0 Å². The molecule has 0 unspecified atom stereocenters. The molecule has 0 aliphatic carbocycles. The Morgan fingerprint density at radius 3 is 2.61 bits per heavy atom. The molecule has 2 aliphatic heterocycles. The van der Waals surface area contributed by atoms with Gasteiger partial charge in [0.2, 0.25) is 10.0 Å². The van der Waals surface area contributed by atoms with Crippen LogP contribution in [0, 0.1) is 0 Å². The Kier molecular flexibility index (Phi) is 4.75. The van der Waals surface area contributed by atoms with Gasteiger partial charge in [0.15, 0.2) is 5.96 Å². The van der Waals surface area contributed by atoms with E-state index in [9.17, 15) is 8.42 Å².